The number of anilines is 2. The molecule has 2 aromatic carbocycles. The second kappa shape index (κ2) is 27.2. The van der Waals surface area contributed by atoms with Gasteiger partial charge in [0.05, 0.1) is 105 Å². The molecule has 20 nitrogen and oxygen atoms in total. The first-order valence-electron chi connectivity index (χ1n) is 18.3. The van der Waals surface area contributed by atoms with Gasteiger partial charge in [0.15, 0.2) is 0 Å². The van der Waals surface area contributed by atoms with Crippen LogP contribution < -0.4 is 31.1 Å². The van der Waals surface area contributed by atoms with Gasteiger partial charge < -0.3 is 71.9 Å². The van der Waals surface area contributed by atoms with Crippen LogP contribution in [-0.4, -0.2) is 166 Å². The topological polar surface area (TPSA) is 319 Å². The maximum absolute atomic E-state index is 13.8. The summed E-state index contributed by atoms with van der Waals surface area (Å²) in [6.45, 7) is -0.289. The van der Waals surface area contributed by atoms with Crippen LogP contribution in [0.15, 0.2) is 0 Å². The van der Waals surface area contributed by atoms with Gasteiger partial charge in [0, 0.05) is 53.8 Å². The predicted octanol–water partition coefficient (Wildman–Crippen LogP) is -0.312. The molecule has 0 aromatic heterocycles. The highest BCUT2D eigenvalue weighted by Crippen LogP contribution is 2.40. The number of aliphatic hydroxyl groups is 8. The molecule has 5 atom stereocenters. The Morgan fingerprint density at radius 1 is 0.452 bits per heavy atom. The van der Waals surface area contributed by atoms with Crippen LogP contribution in [0.5, 0.6) is 0 Å². The van der Waals surface area contributed by atoms with E-state index in [4.69, 9.17) is 0 Å². The van der Waals surface area contributed by atoms with Crippen LogP contribution in [0.4, 0.5) is 11.4 Å². The Balaban J connectivity index is 2.84. The molecule has 0 spiro atoms. The van der Waals surface area contributed by atoms with Crippen molar-refractivity contribution in [2.45, 2.75) is 45.2 Å². The standard InChI is InChI=1S/C36H46I6N6O14/c1-14(10-49)4-43-33(59)21-25(37)22(34(60)44-5-17(55)11-50)28(40)31(27(21)39)47(15(2)53)8-20(58)9-48(16(3)54)32-29(41)23(35(61)45-6-18(56)12-51)26(38)24(30(32)42)36(62)46-7-19(57)13-52/h14,17-20,49-52,55-58H,4-13H2,1-3H3,(H,43,59)(H,44,60)(H,45,61)(H,46,62). The molecule has 62 heavy (non-hydrogen) atoms. The van der Waals surface area contributed by atoms with Crippen molar-refractivity contribution in [2.75, 3.05) is 75.5 Å². The van der Waals surface area contributed by atoms with E-state index in [0.717, 1.165) is 9.80 Å². The van der Waals surface area contributed by atoms with E-state index in [2.05, 4.69) is 21.3 Å². The van der Waals surface area contributed by atoms with Crippen LogP contribution in [-0.2, 0) is 9.59 Å². The van der Waals surface area contributed by atoms with E-state index in [1.54, 1.807) is 74.7 Å². The highest BCUT2D eigenvalue weighted by Gasteiger charge is 2.35. The van der Waals surface area contributed by atoms with Crippen molar-refractivity contribution in [1.29, 1.82) is 0 Å². The molecule has 2 rings (SSSR count). The fourth-order valence-corrected chi connectivity index (χ4v) is 14.8. The maximum Gasteiger partial charge on any atom is 0.253 e. The average Bonchev–Trinajstić information content (AvgIpc) is 3.21. The van der Waals surface area contributed by atoms with Gasteiger partial charge >= 0.3 is 0 Å². The van der Waals surface area contributed by atoms with E-state index in [1.165, 1.54) is 13.8 Å². The van der Waals surface area contributed by atoms with Gasteiger partial charge in [-0.25, -0.2) is 0 Å². The minimum Gasteiger partial charge on any atom is -0.396 e. The van der Waals surface area contributed by atoms with Crippen molar-refractivity contribution < 1.29 is 69.6 Å². The Kier molecular flexibility index (Phi) is 25.2. The molecule has 0 bridgehead atoms. The van der Waals surface area contributed by atoms with E-state index in [1.807, 2.05) is 67.8 Å². The van der Waals surface area contributed by atoms with Gasteiger partial charge in [-0.1, -0.05) is 6.92 Å². The zero-order chi connectivity index (χ0) is 47.3. The molecule has 0 aliphatic carbocycles. The van der Waals surface area contributed by atoms with Gasteiger partial charge in [0.1, 0.15) is 0 Å². The highest BCUT2D eigenvalue weighted by molar-refractivity contribution is 14.1. The Morgan fingerprint density at radius 2 is 0.710 bits per heavy atom. The molecule has 5 unspecified atom stereocenters. The molecule has 0 saturated heterocycles. The molecule has 6 amide bonds. The molecule has 2 aromatic rings. The van der Waals surface area contributed by atoms with E-state index in [0.29, 0.717) is 0 Å². The number of halogens is 6. The van der Waals surface area contributed by atoms with E-state index < -0.39 is 92.8 Å². The number of aliphatic hydroxyl groups excluding tert-OH is 8. The number of amides is 6. The molecule has 12 N–H and O–H groups in total. The number of carbonyl (C=O) groups excluding carboxylic acids is 6. The van der Waals surface area contributed by atoms with Gasteiger partial charge in [-0.2, -0.15) is 0 Å². The summed E-state index contributed by atoms with van der Waals surface area (Å²) in [5.41, 5.74) is -0.228. The van der Waals surface area contributed by atoms with Crippen molar-refractivity contribution in [1.82, 2.24) is 21.3 Å². The monoisotopic (exact) mass is 1550 g/mol. The average molecular weight is 1550 g/mol. The second-order valence-corrected chi connectivity index (χ2v) is 20.1. The molecule has 0 aliphatic rings. The summed E-state index contributed by atoms with van der Waals surface area (Å²) >= 11 is 10.9. The minimum absolute atomic E-state index is 0.00627. The zero-order valence-corrected chi connectivity index (χ0v) is 46.1. The summed E-state index contributed by atoms with van der Waals surface area (Å²) in [4.78, 5) is 84.1. The van der Waals surface area contributed by atoms with Crippen LogP contribution in [0, 0.1) is 27.3 Å². The summed E-state index contributed by atoms with van der Waals surface area (Å²) in [7, 11) is 0. The van der Waals surface area contributed by atoms with Gasteiger partial charge in [-0.3, -0.25) is 28.8 Å². The first-order valence-corrected chi connectivity index (χ1v) is 24.7. The lowest BCUT2D eigenvalue weighted by atomic mass is 10.0. The minimum atomic E-state index is -1.59. The van der Waals surface area contributed by atoms with Crippen LogP contribution in [0.25, 0.3) is 0 Å². The van der Waals surface area contributed by atoms with Crippen molar-refractivity contribution in [2.24, 2.45) is 5.92 Å². The number of hydrogen-bond acceptors (Lipinski definition) is 14. The van der Waals surface area contributed by atoms with E-state index in [9.17, 15) is 69.6 Å². The van der Waals surface area contributed by atoms with Gasteiger partial charge in [-0.15, -0.1) is 0 Å². The summed E-state index contributed by atoms with van der Waals surface area (Å²) in [6.07, 6.45) is -5.54. The second-order valence-electron chi connectivity index (χ2n) is 13.6. The first kappa shape index (κ1) is 57.4. The van der Waals surface area contributed by atoms with Crippen molar-refractivity contribution in [3.05, 3.63) is 43.7 Å². The van der Waals surface area contributed by atoms with Crippen molar-refractivity contribution >= 4 is 182 Å². The van der Waals surface area contributed by atoms with Crippen molar-refractivity contribution in [3.8, 4) is 0 Å². The summed E-state index contributed by atoms with van der Waals surface area (Å²) in [6, 6.07) is 0. The highest BCUT2D eigenvalue weighted by atomic mass is 127. The molecular formula is C36H46I6N6O14. The molecule has 26 heteroatoms. The van der Waals surface area contributed by atoms with E-state index >= 15 is 0 Å². The number of hydrogen-bond donors (Lipinski definition) is 12. The van der Waals surface area contributed by atoms with Crippen molar-refractivity contribution in [3.63, 3.8) is 0 Å². The molecule has 346 valence electrons. The fourth-order valence-electron chi connectivity index (χ4n) is 5.32. The fraction of sp³-hybridized carbons (Fsp3) is 0.500. The Morgan fingerprint density at radius 3 is 0.935 bits per heavy atom. The third-order valence-corrected chi connectivity index (χ3v) is 15.0. The summed E-state index contributed by atoms with van der Waals surface area (Å²) in [5, 5.41) is 89.2. The molecule has 0 saturated carbocycles. The Bertz CT molecular complexity index is 1750. The molecular weight excluding hydrogens is 1500 g/mol. The predicted molar refractivity (Wildman–Crippen MR) is 276 cm³/mol. The first-order chi connectivity index (χ1) is 29.0. The maximum atomic E-state index is 13.8. The quantitative estimate of drug-likeness (QED) is 0.0674. The number of rotatable bonds is 22. The van der Waals surface area contributed by atoms with E-state index in [-0.39, 0.29) is 93.8 Å². The van der Waals surface area contributed by atoms with Gasteiger partial charge in [0.2, 0.25) is 11.8 Å². The molecule has 0 radical (unpaired) electrons. The SMILES string of the molecule is CC(=O)N(CC(O)CN(C(C)=O)c1c(I)c(C(=O)NCC(O)CO)c(I)c(C(=O)NCC(O)CO)c1I)c1c(I)c(C(=O)NCC(C)CO)c(I)c(C(=O)NCC(O)CO)c1I. The molecule has 0 fully saturated rings. The number of nitrogens with one attached hydrogen (secondary N) is 4. The zero-order valence-electron chi connectivity index (χ0n) is 33.1. The smallest absolute Gasteiger partial charge is 0.253 e. The van der Waals surface area contributed by atoms with Gasteiger partial charge in [0.25, 0.3) is 23.6 Å². The number of nitrogens with zero attached hydrogens (tertiary/aromatic N) is 2. The Labute approximate surface area is 438 Å². The summed E-state index contributed by atoms with van der Waals surface area (Å²) in [5.74, 6) is -4.64. The lowest BCUT2D eigenvalue weighted by molar-refractivity contribution is -0.117. The van der Waals surface area contributed by atoms with Crippen LogP contribution in [0.1, 0.15) is 62.2 Å². The van der Waals surface area contributed by atoms with Crippen LogP contribution in [0.3, 0.4) is 0 Å². The van der Waals surface area contributed by atoms with Crippen LogP contribution in [0.2, 0.25) is 0 Å². The Hall–Kier alpha value is -0.680. The van der Waals surface area contributed by atoms with Crippen LogP contribution >= 0.6 is 136 Å². The summed E-state index contributed by atoms with van der Waals surface area (Å²) < 4.78 is 0.938. The van der Waals surface area contributed by atoms with Gasteiger partial charge in [-0.05, 0) is 141 Å². The lowest BCUT2D eigenvalue weighted by Gasteiger charge is -2.32. The third-order valence-electron chi connectivity index (χ3n) is 8.63. The lowest BCUT2D eigenvalue weighted by Crippen LogP contribution is -2.45. The third kappa shape index (κ3) is 15.2. The number of benzene rings is 2. The molecule has 0 heterocycles. The molecule has 0 aliphatic heterocycles. The number of carbonyl (C=O) groups is 6. The normalized spacial score (nSPS) is 13.6. The largest absolute Gasteiger partial charge is 0.396 e.